The fraction of sp³-hybridized carbons (Fsp3) is 0.933. The van der Waals surface area contributed by atoms with Crippen LogP contribution >= 0.6 is 0 Å². The van der Waals surface area contributed by atoms with Gasteiger partial charge in [0.05, 0.1) is 6.42 Å². The SMILES string of the molecule is CCC1CCCCC1N(CCC(=O)O)C(C)(C)C. The van der Waals surface area contributed by atoms with E-state index in [1.807, 2.05) is 0 Å². The molecule has 18 heavy (non-hydrogen) atoms. The molecule has 0 heterocycles. The number of carboxylic acids is 1. The van der Waals surface area contributed by atoms with E-state index in [2.05, 4.69) is 32.6 Å². The maximum Gasteiger partial charge on any atom is 0.304 e. The highest BCUT2D eigenvalue weighted by atomic mass is 16.4. The van der Waals surface area contributed by atoms with Crippen LogP contribution in [0.5, 0.6) is 0 Å². The van der Waals surface area contributed by atoms with E-state index in [0.717, 1.165) is 5.92 Å². The van der Waals surface area contributed by atoms with Crippen LogP contribution in [-0.4, -0.2) is 34.1 Å². The summed E-state index contributed by atoms with van der Waals surface area (Å²) >= 11 is 0. The van der Waals surface area contributed by atoms with Crippen molar-refractivity contribution in [3.05, 3.63) is 0 Å². The molecule has 2 unspecified atom stereocenters. The molecule has 0 saturated heterocycles. The highest BCUT2D eigenvalue weighted by molar-refractivity contribution is 5.66. The van der Waals surface area contributed by atoms with Gasteiger partial charge >= 0.3 is 5.97 Å². The van der Waals surface area contributed by atoms with Gasteiger partial charge in [-0.1, -0.05) is 26.2 Å². The Kier molecular flexibility index (Phi) is 5.64. The minimum Gasteiger partial charge on any atom is -0.481 e. The van der Waals surface area contributed by atoms with Gasteiger partial charge in [0.1, 0.15) is 0 Å². The molecule has 1 N–H and O–H groups in total. The molecule has 0 spiro atoms. The van der Waals surface area contributed by atoms with Gasteiger partial charge < -0.3 is 5.11 Å². The maximum atomic E-state index is 10.8. The summed E-state index contributed by atoms with van der Waals surface area (Å²) in [5.41, 5.74) is 0.0604. The molecule has 0 aromatic heterocycles. The summed E-state index contributed by atoms with van der Waals surface area (Å²) < 4.78 is 0. The highest BCUT2D eigenvalue weighted by Crippen LogP contribution is 2.34. The van der Waals surface area contributed by atoms with Crippen LogP contribution < -0.4 is 0 Å². The summed E-state index contributed by atoms with van der Waals surface area (Å²) in [7, 11) is 0. The van der Waals surface area contributed by atoms with E-state index in [1.165, 1.54) is 32.1 Å². The van der Waals surface area contributed by atoms with Crippen LogP contribution in [0.25, 0.3) is 0 Å². The van der Waals surface area contributed by atoms with Crippen molar-refractivity contribution in [2.75, 3.05) is 6.54 Å². The number of hydrogen-bond donors (Lipinski definition) is 1. The van der Waals surface area contributed by atoms with Gasteiger partial charge in [-0.05, 0) is 39.5 Å². The molecule has 1 rings (SSSR count). The van der Waals surface area contributed by atoms with Crippen molar-refractivity contribution in [2.24, 2.45) is 5.92 Å². The molecule has 1 saturated carbocycles. The van der Waals surface area contributed by atoms with Crippen LogP contribution in [0.2, 0.25) is 0 Å². The molecule has 0 aliphatic heterocycles. The van der Waals surface area contributed by atoms with Crippen molar-refractivity contribution < 1.29 is 9.90 Å². The van der Waals surface area contributed by atoms with Crippen LogP contribution in [0.15, 0.2) is 0 Å². The lowest BCUT2D eigenvalue weighted by Gasteiger charge is -2.46. The minimum absolute atomic E-state index is 0.0604. The average molecular weight is 255 g/mol. The van der Waals surface area contributed by atoms with Gasteiger partial charge in [0, 0.05) is 18.1 Å². The number of carbonyl (C=O) groups is 1. The molecule has 0 bridgehead atoms. The number of rotatable bonds is 5. The first-order chi connectivity index (χ1) is 8.36. The Balaban J connectivity index is 2.76. The van der Waals surface area contributed by atoms with Gasteiger partial charge in [0.2, 0.25) is 0 Å². The Hall–Kier alpha value is -0.570. The van der Waals surface area contributed by atoms with E-state index in [0.29, 0.717) is 12.6 Å². The fourth-order valence-corrected chi connectivity index (χ4v) is 3.29. The zero-order valence-electron chi connectivity index (χ0n) is 12.4. The Morgan fingerprint density at radius 2 is 1.89 bits per heavy atom. The van der Waals surface area contributed by atoms with E-state index in [-0.39, 0.29) is 12.0 Å². The quantitative estimate of drug-likeness (QED) is 0.817. The summed E-state index contributed by atoms with van der Waals surface area (Å²) in [5.74, 6) is 0.0554. The average Bonchev–Trinajstić information content (AvgIpc) is 2.27. The molecule has 2 atom stereocenters. The number of hydrogen-bond acceptors (Lipinski definition) is 2. The standard InChI is InChI=1S/C15H29NO2/c1-5-12-8-6-7-9-13(12)16(15(2,3)4)11-10-14(17)18/h12-13H,5-11H2,1-4H3,(H,17,18). The largest absolute Gasteiger partial charge is 0.481 e. The lowest BCUT2D eigenvalue weighted by molar-refractivity contribution is -0.138. The topological polar surface area (TPSA) is 40.5 Å². The third-order valence-corrected chi connectivity index (χ3v) is 4.22. The maximum absolute atomic E-state index is 10.8. The summed E-state index contributed by atoms with van der Waals surface area (Å²) in [6, 6.07) is 0.572. The second-order valence-electron chi connectivity index (χ2n) is 6.53. The molecule has 106 valence electrons. The lowest BCUT2D eigenvalue weighted by Crippen LogP contribution is -2.52. The summed E-state index contributed by atoms with van der Waals surface area (Å²) in [6.07, 6.45) is 6.64. The van der Waals surface area contributed by atoms with Gasteiger partial charge in [-0.25, -0.2) is 0 Å². The summed E-state index contributed by atoms with van der Waals surface area (Å²) in [5, 5.41) is 8.92. The third-order valence-electron chi connectivity index (χ3n) is 4.22. The first-order valence-corrected chi connectivity index (χ1v) is 7.34. The van der Waals surface area contributed by atoms with E-state index in [4.69, 9.17) is 5.11 Å². The van der Waals surface area contributed by atoms with Gasteiger partial charge in [0.15, 0.2) is 0 Å². The Morgan fingerprint density at radius 3 is 2.39 bits per heavy atom. The van der Waals surface area contributed by atoms with Gasteiger partial charge in [-0.3, -0.25) is 9.69 Å². The Bertz CT molecular complexity index is 270. The molecule has 0 amide bonds. The van der Waals surface area contributed by atoms with Crippen LogP contribution in [0.3, 0.4) is 0 Å². The van der Waals surface area contributed by atoms with Crippen LogP contribution in [0, 0.1) is 5.92 Å². The number of carboxylic acid groups (broad SMARTS) is 1. The predicted molar refractivity (Wildman–Crippen MR) is 74.7 cm³/mol. The summed E-state index contributed by atoms with van der Waals surface area (Å²) in [6.45, 7) is 9.56. The second-order valence-corrected chi connectivity index (χ2v) is 6.53. The monoisotopic (exact) mass is 255 g/mol. The molecular formula is C15H29NO2. The van der Waals surface area contributed by atoms with Crippen molar-refractivity contribution in [2.45, 2.75) is 77.8 Å². The van der Waals surface area contributed by atoms with Crippen molar-refractivity contribution in [3.63, 3.8) is 0 Å². The van der Waals surface area contributed by atoms with Gasteiger partial charge in [0.25, 0.3) is 0 Å². The lowest BCUT2D eigenvalue weighted by atomic mass is 9.80. The smallest absolute Gasteiger partial charge is 0.304 e. The van der Waals surface area contributed by atoms with Gasteiger partial charge in [-0.15, -0.1) is 0 Å². The fourth-order valence-electron chi connectivity index (χ4n) is 3.29. The first-order valence-electron chi connectivity index (χ1n) is 7.34. The van der Waals surface area contributed by atoms with Crippen LogP contribution in [0.4, 0.5) is 0 Å². The van der Waals surface area contributed by atoms with Crippen molar-refractivity contribution in [1.82, 2.24) is 4.90 Å². The van der Waals surface area contributed by atoms with Gasteiger partial charge in [-0.2, -0.15) is 0 Å². The zero-order valence-corrected chi connectivity index (χ0v) is 12.4. The van der Waals surface area contributed by atoms with Crippen LogP contribution in [-0.2, 0) is 4.79 Å². The summed E-state index contributed by atoms with van der Waals surface area (Å²) in [4.78, 5) is 13.3. The molecule has 3 heteroatoms. The minimum atomic E-state index is -0.687. The zero-order chi connectivity index (χ0) is 13.8. The third kappa shape index (κ3) is 4.27. The molecule has 0 radical (unpaired) electrons. The molecule has 3 nitrogen and oxygen atoms in total. The normalized spacial score (nSPS) is 25.4. The Morgan fingerprint density at radius 1 is 1.28 bits per heavy atom. The van der Waals surface area contributed by atoms with E-state index < -0.39 is 5.97 Å². The van der Waals surface area contributed by atoms with E-state index >= 15 is 0 Å². The van der Waals surface area contributed by atoms with E-state index in [1.54, 1.807) is 0 Å². The number of nitrogens with zero attached hydrogens (tertiary/aromatic N) is 1. The molecule has 1 aliphatic carbocycles. The van der Waals surface area contributed by atoms with Crippen molar-refractivity contribution in [1.29, 1.82) is 0 Å². The number of aliphatic carboxylic acids is 1. The molecule has 0 aromatic rings. The van der Waals surface area contributed by atoms with Crippen LogP contribution in [0.1, 0.15) is 66.2 Å². The molecule has 1 fully saturated rings. The molecular weight excluding hydrogens is 226 g/mol. The first kappa shape index (κ1) is 15.5. The van der Waals surface area contributed by atoms with E-state index in [9.17, 15) is 4.79 Å². The molecule has 1 aliphatic rings. The second kappa shape index (κ2) is 6.55. The van der Waals surface area contributed by atoms with Crippen molar-refractivity contribution >= 4 is 5.97 Å². The predicted octanol–water partition coefficient (Wildman–Crippen LogP) is 3.53. The molecule has 0 aromatic carbocycles. The highest BCUT2D eigenvalue weighted by Gasteiger charge is 2.34. The Labute approximate surface area is 112 Å². The van der Waals surface area contributed by atoms with Crippen molar-refractivity contribution in [3.8, 4) is 0 Å².